The van der Waals surface area contributed by atoms with Crippen LogP contribution in [0, 0.1) is 0 Å². The molecule has 4 nitrogen and oxygen atoms in total. The van der Waals surface area contributed by atoms with E-state index in [4.69, 9.17) is 9.72 Å². The number of aryl methyl sites for hydroxylation is 1. The second kappa shape index (κ2) is 11.4. The molecule has 1 N–H and O–H groups in total. The molecule has 0 atom stereocenters. The van der Waals surface area contributed by atoms with Crippen LogP contribution < -0.4 is 10.1 Å². The van der Waals surface area contributed by atoms with Gasteiger partial charge in [-0.1, -0.05) is 49.7 Å². The molecule has 176 valence electrons. The normalized spacial score (nSPS) is 12.6. The lowest BCUT2D eigenvalue weighted by Crippen LogP contribution is -2.23. The van der Waals surface area contributed by atoms with E-state index in [0.717, 1.165) is 61.6 Å². The molecular weight excluding hydrogens is 442 g/mol. The number of imidazole rings is 1. The summed E-state index contributed by atoms with van der Waals surface area (Å²) in [5.74, 6) is 2.00. The summed E-state index contributed by atoms with van der Waals surface area (Å²) in [7, 11) is 0. The molecule has 0 bridgehead atoms. The number of nitrogens with zero attached hydrogens (tertiary/aromatic N) is 2. The number of unbranched alkanes of at least 4 members (excludes halogenated alkanes) is 1. The van der Waals surface area contributed by atoms with Gasteiger partial charge < -0.3 is 14.6 Å². The largest absolute Gasteiger partial charge is 0.489 e. The molecule has 0 saturated heterocycles. The van der Waals surface area contributed by atoms with E-state index in [-0.39, 0.29) is 12.4 Å². The summed E-state index contributed by atoms with van der Waals surface area (Å²) in [5.41, 5.74) is 7.34. The summed E-state index contributed by atoms with van der Waals surface area (Å²) in [6, 6.07) is 25.4. The zero-order valence-corrected chi connectivity index (χ0v) is 20.5. The van der Waals surface area contributed by atoms with Crippen molar-refractivity contribution in [1.29, 1.82) is 0 Å². The summed E-state index contributed by atoms with van der Waals surface area (Å²) >= 11 is 0. The van der Waals surface area contributed by atoms with Gasteiger partial charge in [0.05, 0.1) is 5.69 Å². The molecule has 0 spiro atoms. The molecule has 5 heteroatoms. The van der Waals surface area contributed by atoms with E-state index in [9.17, 15) is 0 Å². The Labute approximate surface area is 208 Å². The van der Waals surface area contributed by atoms with E-state index in [2.05, 4.69) is 65.5 Å². The van der Waals surface area contributed by atoms with Crippen LogP contribution in [0.25, 0.3) is 16.9 Å². The maximum Gasteiger partial charge on any atom is 0.119 e. The number of halogens is 1. The van der Waals surface area contributed by atoms with Gasteiger partial charge in [-0.25, -0.2) is 4.98 Å². The van der Waals surface area contributed by atoms with Crippen molar-refractivity contribution in [3.05, 3.63) is 102 Å². The second-order valence-corrected chi connectivity index (χ2v) is 8.69. The van der Waals surface area contributed by atoms with Gasteiger partial charge in [-0.2, -0.15) is 0 Å². The average Bonchev–Trinajstić information content (AvgIpc) is 3.31. The molecule has 0 aliphatic carbocycles. The number of ether oxygens (including phenoxy) is 1. The number of rotatable bonds is 8. The molecule has 0 unspecified atom stereocenters. The smallest absolute Gasteiger partial charge is 0.119 e. The Kier molecular flexibility index (Phi) is 8.04. The summed E-state index contributed by atoms with van der Waals surface area (Å²) in [4.78, 5) is 5.04. The van der Waals surface area contributed by atoms with Crippen LogP contribution in [-0.4, -0.2) is 16.1 Å². The number of fused-ring (bicyclic) bond motifs is 1. The fourth-order valence-electron chi connectivity index (χ4n) is 4.37. The van der Waals surface area contributed by atoms with Gasteiger partial charge in [-0.05, 0) is 72.5 Å². The van der Waals surface area contributed by atoms with E-state index in [1.54, 1.807) is 0 Å². The maximum absolute atomic E-state index is 5.96. The Morgan fingerprint density at radius 3 is 2.59 bits per heavy atom. The van der Waals surface area contributed by atoms with Crippen LogP contribution in [0.3, 0.4) is 0 Å². The summed E-state index contributed by atoms with van der Waals surface area (Å²) in [5, 5.41) is 3.49. The minimum Gasteiger partial charge on any atom is -0.489 e. The van der Waals surface area contributed by atoms with Crippen molar-refractivity contribution < 1.29 is 4.74 Å². The van der Waals surface area contributed by atoms with Gasteiger partial charge in [0.25, 0.3) is 0 Å². The van der Waals surface area contributed by atoms with Gasteiger partial charge in [0, 0.05) is 30.4 Å². The molecule has 34 heavy (non-hydrogen) atoms. The molecular formula is C29H32ClN3O. The summed E-state index contributed by atoms with van der Waals surface area (Å²) < 4.78 is 8.23. The van der Waals surface area contributed by atoms with E-state index in [1.165, 1.54) is 22.4 Å². The monoisotopic (exact) mass is 473 g/mol. The first-order valence-corrected chi connectivity index (χ1v) is 12.0. The Balaban J connectivity index is 0.00000274. The predicted molar refractivity (Wildman–Crippen MR) is 141 cm³/mol. The highest BCUT2D eigenvalue weighted by Crippen LogP contribution is 2.26. The van der Waals surface area contributed by atoms with Gasteiger partial charge in [0.2, 0.25) is 0 Å². The number of nitrogens with one attached hydrogen (secondary N) is 1. The lowest BCUT2D eigenvalue weighted by atomic mass is 10.0. The Bertz CT molecular complexity index is 1200. The second-order valence-electron chi connectivity index (χ2n) is 8.69. The van der Waals surface area contributed by atoms with Crippen molar-refractivity contribution in [1.82, 2.24) is 14.9 Å². The van der Waals surface area contributed by atoms with Crippen molar-refractivity contribution in [3.63, 3.8) is 0 Å². The van der Waals surface area contributed by atoms with Crippen molar-refractivity contribution in [2.45, 2.75) is 45.8 Å². The number of benzene rings is 3. The molecule has 0 amide bonds. The van der Waals surface area contributed by atoms with Crippen LogP contribution in [0.15, 0.2) is 79.0 Å². The van der Waals surface area contributed by atoms with Crippen LogP contribution >= 0.6 is 12.4 Å². The third-order valence-corrected chi connectivity index (χ3v) is 6.29. The highest BCUT2D eigenvalue weighted by Gasteiger charge is 2.14. The van der Waals surface area contributed by atoms with Crippen LogP contribution in [-0.2, 0) is 26.0 Å². The standard InChI is InChI=1S/C29H31N3O.ClH/c1-2-3-9-29-31-28(20-32(29)26-13-10-23-16-17-30-19-25(23)18-26)24-11-14-27(15-12-24)33-21-22-7-5-4-6-8-22;/h4-8,10-15,18,20,30H,2-3,9,16-17,19,21H2,1H3;1H. The fraction of sp³-hybridized carbons (Fsp3) is 0.276. The Morgan fingerprint density at radius 1 is 0.971 bits per heavy atom. The minimum atomic E-state index is 0. The molecule has 0 fully saturated rings. The highest BCUT2D eigenvalue weighted by atomic mass is 35.5. The molecule has 0 radical (unpaired) electrons. The topological polar surface area (TPSA) is 39.1 Å². The van der Waals surface area contributed by atoms with Crippen molar-refractivity contribution in [2.24, 2.45) is 0 Å². The van der Waals surface area contributed by atoms with Gasteiger partial charge in [-0.15, -0.1) is 12.4 Å². The SMILES string of the molecule is CCCCc1nc(-c2ccc(OCc3ccccc3)cc2)cn1-c1ccc2c(c1)CNCC2.Cl. The molecule has 5 rings (SSSR count). The lowest BCUT2D eigenvalue weighted by molar-refractivity contribution is 0.306. The van der Waals surface area contributed by atoms with E-state index in [1.807, 2.05) is 30.3 Å². The zero-order chi connectivity index (χ0) is 22.5. The molecule has 2 heterocycles. The summed E-state index contributed by atoms with van der Waals surface area (Å²) in [6.07, 6.45) is 6.55. The maximum atomic E-state index is 5.96. The van der Waals surface area contributed by atoms with E-state index in [0.29, 0.717) is 6.61 Å². The van der Waals surface area contributed by atoms with E-state index >= 15 is 0 Å². The quantitative estimate of drug-likeness (QED) is 0.316. The highest BCUT2D eigenvalue weighted by molar-refractivity contribution is 5.85. The number of hydrogen-bond acceptors (Lipinski definition) is 3. The molecule has 0 saturated carbocycles. The average molecular weight is 474 g/mol. The van der Waals surface area contributed by atoms with Crippen molar-refractivity contribution in [3.8, 4) is 22.7 Å². The first-order chi connectivity index (χ1) is 16.3. The zero-order valence-electron chi connectivity index (χ0n) is 19.7. The lowest BCUT2D eigenvalue weighted by Gasteiger charge is -2.18. The first kappa shape index (κ1) is 24.1. The van der Waals surface area contributed by atoms with Gasteiger partial charge in [-0.3, -0.25) is 0 Å². The molecule has 4 aromatic rings. The number of hydrogen-bond donors (Lipinski definition) is 1. The minimum absolute atomic E-state index is 0. The third-order valence-electron chi connectivity index (χ3n) is 6.29. The van der Waals surface area contributed by atoms with Crippen LogP contribution in [0.1, 0.15) is 42.3 Å². The Morgan fingerprint density at radius 2 is 1.79 bits per heavy atom. The van der Waals surface area contributed by atoms with Crippen LogP contribution in [0.4, 0.5) is 0 Å². The van der Waals surface area contributed by atoms with E-state index < -0.39 is 0 Å². The van der Waals surface area contributed by atoms with Gasteiger partial charge in [0.15, 0.2) is 0 Å². The summed E-state index contributed by atoms with van der Waals surface area (Å²) in [6.45, 7) is 4.81. The Hall–Kier alpha value is -3.08. The molecule has 1 aliphatic rings. The van der Waals surface area contributed by atoms with Crippen molar-refractivity contribution in [2.75, 3.05) is 6.54 Å². The first-order valence-electron chi connectivity index (χ1n) is 12.0. The van der Waals surface area contributed by atoms with Gasteiger partial charge >= 0.3 is 0 Å². The third kappa shape index (κ3) is 5.52. The van der Waals surface area contributed by atoms with Crippen LogP contribution in [0.2, 0.25) is 0 Å². The molecule has 1 aromatic heterocycles. The number of aromatic nitrogens is 2. The predicted octanol–water partition coefficient (Wildman–Crippen LogP) is 6.53. The van der Waals surface area contributed by atoms with Crippen molar-refractivity contribution >= 4 is 12.4 Å². The van der Waals surface area contributed by atoms with Gasteiger partial charge in [0.1, 0.15) is 18.2 Å². The molecule has 1 aliphatic heterocycles. The fourth-order valence-corrected chi connectivity index (χ4v) is 4.37. The van der Waals surface area contributed by atoms with Crippen LogP contribution in [0.5, 0.6) is 5.75 Å². The molecule has 3 aromatic carbocycles.